The maximum Gasteiger partial charge on any atom is 0.303 e. The zero-order valence-electron chi connectivity index (χ0n) is 16.8. The molecule has 0 aromatic rings. The summed E-state index contributed by atoms with van der Waals surface area (Å²) in [4.78, 5) is 22.6. The highest BCUT2D eigenvalue weighted by atomic mass is 16.4. The van der Waals surface area contributed by atoms with Crippen LogP contribution in [-0.4, -0.2) is 39.3 Å². The van der Waals surface area contributed by atoms with Crippen molar-refractivity contribution in [2.24, 2.45) is 11.8 Å². The largest absolute Gasteiger partial charge is 0.481 e. The Balaban J connectivity index is 2.32. The third kappa shape index (κ3) is 10.1. The number of carbonyl (C=O) groups excluding carboxylic acids is 1. The van der Waals surface area contributed by atoms with Crippen LogP contribution in [0.3, 0.4) is 0 Å². The molecule has 0 spiro atoms. The van der Waals surface area contributed by atoms with Crippen LogP contribution in [0.5, 0.6) is 0 Å². The van der Waals surface area contributed by atoms with Crippen LogP contribution in [-0.2, 0) is 9.59 Å². The van der Waals surface area contributed by atoms with Gasteiger partial charge in [-0.1, -0.05) is 44.8 Å². The van der Waals surface area contributed by atoms with Crippen molar-refractivity contribution in [3.63, 3.8) is 0 Å². The topological polar surface area (TPSA) is 94.8 Å². The number of carboxylic acids is 1. The molecule has 0 aromatic carbocycles. The Morgan fingerprint density at radius 1 is 0.889 bits per heavy atom. The molecule has 0 saturated heterocycles. The Labute approximate surface area is 163 Å². The molecule has 0 bridgehead atoms. The Bertz CT molecular complexity index is 460. The fourth-order valence-electron chi connectivity index (χ4n) is 4.03. The summed E-state index contributed by atoms with van der Waals surface area (Å²) in [5.74, 6) is -0.573. The van der Waals surface area contributed by atoms with Crippen molar-refractivity contribution in [3.8, 4) is 0 Å². The molecule has 156 valence electrons. The second-order valence-electron chi connectivity index (χ2n) is 7.93. The predicted molar refractivity (Wildman–Crippen MR) is 106 cm³/mol. The summed E-state index contributed by atoms with van der Waals surface area (Å²) < 4.78 is 0. The van der Waals surface area contributed by atoms with Crippen LogP contribution in [0.2, 0.25) is 0 Å². The van der Waals surface area contributed by atoms with Gasteiger partial charge in [-0.2, -0.15) is 0 Å². The van der Waals surface area contributed by atoms with E-state index in [1.54, 1.807) is 0 Å². The molecule has 0 aromatic heterocycles. The van der Waals surface area contributed by atoms with E-state index in [1.807, 2.05) is 12.2 Å². The molecular weight excluding hydrogens is 344 g/mol. The normalized spacial score (nSPS) is 25.3. The average Bonchev–Trinajstić information content (AvgIpc) is 2.88. The number of aliphatic carboxylic acids is 1. The molecule has 1 aliphatic carbocycles. The van der Waals surface area contributed by atoms with Gasteiger partial charge in [0.25, 0.3) is 0 Å². The Kier molecular flexibility index (Phi) is 12.3. The van der Waals surface area contributed by atoms with Gasteiger partial charge in [0, 0.05) is 19.3 Å². The Morgan fingerprint density at radius 3 is 2.30 bits per heavy atom. The lowest BCUT2D eigenvalue weighted by Gasteiger charge is -2.22. The molecule has 27 heavy (non-hydrogen) atoms. The highest BCUT2D eigenvalue weighted by molar-refractivity contribution is 5.78. The van der Waals surface area contributed by atoms with Gasteiger partial charge in [0.05, 0.1) is 12.2 Å². The summed E-state index contributed by atoms with van der Waals surface area (Å²) >= 11 is 0. The van der Waals surface area contributed by atoms with Gasteiger partial charge in [-0.25, -0.2) is 0 Å². The lowest BCUT2D eigenvalue weighted by molar-refractivity contribution is -0.137. The minimum absolute atomic E-state index is 0.0203. The van der Waals surface area contributed by atoms with Gasteiger partial charge < -0.3 is 15.3 Å². The molecule has 0 amide bonds. The number of Topliss-reactive ketones (excluding diaryl/α,β-unsaturated/α-hetero) is 1. The van der Waals surface area contributed by atoms with E-state index in [2.05, 4.69) is 6.92 Å². The van der Waals surface area contributed by atoms with Crippen LogP contribution in [0.15, 0.2) is 12.2 Å². The number of aliphatic hydroxyl groups is 2. The molecule has 4 atom stereocenters. The lowest BCUT2D eigenvalue weighted by Crippen LogP contribution is -2.22. The van der Waals surface area contributed by atoms with Gasteiger partial charge in [0.2, 0.25) is 0 Å². The van der Waals surface area contributed by atoms with E-state index in [-0.39, 0.29) is 24.0 Å². The van der Waals surface area contributed by atoms with E-state index >= 15 is 0 Å². The van der Waals surface area contributed by atoms with Gasteiger partial charge in [0.15, 0.2) is 0 Å². The number of rotatable bonds is 15. The second kappa shape index (κ2) is 13.9. The maximum atomic E-state index is 12.1. The first-order valence-electron chi connectivity index (χ1n) is 10.7. The maximum absolute atomic E-state index is 12.1. The molecule has 1 aliphatic rings. The van der Waals surface area contributed by atoms with E-state index < -0.39 is 18.2 Å². The van der Waals surface area contributed by atoms with Gasteiger partial charge in [-0.15, -0.1) is 0 Å². The minimum atomic E-state index is -0.784. The first-order valence-corrected chi connectivity index (χ1v) is 10.7. The number of carbonyl (C=O) groups is 2. The number of aliphatic hydroxyl groups excluding tert-OH is 2. The summed E-state index contributed by atoms with van der Waals surface area (Å²) in [7, 11) is 0. The highest BCUT2D eigenvalue weighted by Gasteiger charge is 2.40. The van der Waals surface area contributed by atoms with E-state index in [0.717, 1.165) is 12.8 Å². The molecule has 5 heteroatoms. The first kappa shape index (κ1) is 23.8. The zero-order valence-corrected chi connectivity index (χ0v) is 16.8. The number of carboxylic acid groups (broad SMARTS) is 1. The molecule has 5 nitrogen and oxygen atoms in total. The highest BCUT2D eigenvalue weighted by Crippen LogP contribution is 2.38. The number of unbranched alkanes of at least 4 members (excludes halogenated alkanes) is 5. The summed E-state index contributed by atoms with van der Waals surface area (Å²) in [5.41, 5.74) is 0. The molecule has 1 rings (SSSR count). The number of allylic oxidation sites excluding steroid dienone is 2. The monoisotopic (exact) mass is 382 g/mol. The van der Waals surface area contributed by atoms with Crippen LogP contribution in [0, 0.1) is 11.8 Å². The molecular formula is C22H38O5. The van der Waals surface area contributed by atoms with Crippen molar-refractivity contribution < 1.29 is 24.9 Å². The third-order valence-electron chi connectivity index (χ3n) is 5.67. The van der Waals surface area contributed by atoms with Crippen LogP contribution < -0.4 is 0 Å². The molecule has 0 aliphatic heterocycles. The summed E-state index contributed by atoms with van der Waals surface area (Å²) in [5, 5.41) is 29.1. The van der Waals surface area contributed by atoms with E-state index in [0.29, 0.717) is 44.9 Å². The van der Waals surface area contributed by atoms with Crippen LogP contribution in [0.1, 0.15) is 90.4 Å². The standard InChI is InChI=1S/C22H38O5/c1-2-3-4-5-8-11-17(23)14-15-19-18(20(24)16-21(19)25)12-9-6-7-10-13-22(26)27/h6,9,18-21,24-25H,2-5,7-8,10-16H2,1H3,(H,26,27)/b9-6-/t18-,19-,20+,21-/m1/s1. The number of hydrogen-bond donors (Lipinski definition) is 3. The van der Waals surface area contributed by atoms with Crippen molar-refractivity contribution in [3.05, 3.63) is 12.2 Å². The van der Waals surface area contributed by atoms with E-state index in [1.165, 1.54) is 19.3 Å². The fraction of sp³-hybridized carbons (Fsp3) is 0.818. The number of ketones is 1. The molecule has 0 unspecified atom stereocenters. The minimum Gasteiger partial charge on any atom is -0.481 e. The predicted octanol–water partition coefficient (Wildman–Crippen LogP) is 4.26. The van der Waals surface area contributed by atoms with Gasteiger partial charge in [0.1, 0.15) is 5.78 Å². The molecule has 3 N–H and O–H groups in total. The van der Waals surface area contributed by atoms with Gasteiger partial charge >= 0.3 is 5.97 Å². The molecule has 0 radical (unpaired) electrons. The van der Waals surface area contributed by atoms with Crippen LogP contribution in [0.4, 0.5) is 0 Å². The van der Waals surface area contributed by atoms with Gasteiger partial charge in [-0.3, -0.25) is 9.59 Å². The Hall–Kier alpha value is -1.20. The third-order valence-corrected chi connectivity index (χ3v) is 5.67. The van der Waals surface area contributed by atoms with Crippen molar-refractivity contribution in [1.82, 2.24) is 0 Å². The number of hydrogen-bond acceptors (Lipinski definition) is 4. The van der Waals surface area contributed by atoms with Crippen LogP contribution >= 0.6 is 0 Å². The summed E-state index contributed by atoms with van der Waals surface area (Å²) in [6.45, 7) is 2.17. The quantitative estimate of drug-likeness (QED) is 0.291. The lowest BCUT2D eigenvalue weighted by atomic mass is 9.86. The molecule has 1 saturated carbocycles. The average molecular weight is 383 g/mol. The van der Waals surface area contributed by atoms with Crippen molar-refractivity contribution in [2.45, 2.75) is 103 Å². The first-order chi connectivity index (χ1) is 13.0. The SMILES string of the molecule is CCCCCCCC(=O)CC[C@@H]1[C@@H](C/C=C\CCCC(=O)O)[C@@H](O)C[C@H]1O. The summed E-state index contributed by atoms with van der Waals surface area (Å²) in [6, 6.07) is 0. The molecule has 0 heterocycles. The second-order valence-corrected chi connectivity index (χ2v) is 7.93. The smallest absolute Gasteiger partial charge is 0.303 e. The fourth-order valence-corrected chi connectivity index (χ4v) is 4.03. The van der Waals surface area contributed by atoms with Crippen molar-refractivity contribution >= 4 is 11.8 Å². The van der Waals surface area contributed by atoms with Crippen molar-refractivity contribution in [1.29, 1.82) is 0 Å². The van der Waals surface area contributed by atoms with Crippen molar-refractivity contribution in [2.75, 3.05) is 0 Å². The summed E-state index contributed by atoms with van der Waals surface area (Å²) in [6.07, 6.45) is 12.8. The van der Waals surface area contributed by atoms with Crippen LogP contribution in [0.25, 0.3) is 0 Å². The zero-order chi connectivity index (χ0) is 20.1. The Morgan fingerprint density at radius 2 is 1.59 bits per heavy atom. The van der Waals surface area contributed by atoms with E-state index in [4.69, 9.17) is 5.11 Å². The van der Waals surface area contributed by atoms with Gasteiger partial charge in [-0.05, 0) is 50.4 Å². The van der Waals surface area contributed by atoms with E-state index in [9.17, 15) is 19.8 Å². The molecule has 1 fully saturated rings.